The van der Waals surface area contributed by atoms with Gasteiger partial charge in [0.15, 0.2) is 0 Å². The molecule has 0 radical (unpaired) electrons. The van der Waals surface area contributed by atoms with Gasteiger partial charge < -0.3 is 10.1 Å². The molecule has 0 unspecified atom stereocenters. The van der Waals surface area contributed by atoms with Crippen LogP contribution in [0.25, 0.3) is 0 Å². The van der Waals surface area contributed by atoms with Gasteiger partial charge in [-0.3, -0.25) is 4.98 Å². The van der Waals surface area contributed by atoms with Crippen molar-refractivity contribution in [2.24, 2.45) is 5.92 Å². The van der Waals surface area contributed by atoms with E-state index in [4.69, 9.17) is 16.3 Å². The molecule has 0 fully saturated rings. The van der Waals surface area contributed by atoms with Crippen LogP contribution in [0.2, 0.25) is 5.02 Å². The highest BCUT2D eigenvalue weighted by Gasteiger charge is 2.05. The topological polar surface area (TPSA) is 47.0 Å². The third-order valence-corrected chi connectivity index (χ3v) is 3.50. The van der Waals surface area contributed by atoms with Crippen LogP contribution in [0.5, 0.6) is 11.6 Å². The first-order valence-electron chi connectivity index (χ1n) is 6.69. The Morgan fingerprint density at radius 1 is 1.29 bits per heavy atom. The highest BCUT2D eigenvalue weighted by Crippen LogP contribution is 2.30. The van der Waals surface area contributed by atoms with Crippen LogP contribution >= 0.6 is 27.5 Å². The Balaban J connectivity index is 1.95. The van der Waals surface area contributed by atoms with E-state index in [0.717, 1.165) is 16.7 Å². The summed E-state index contributed by atoms with van der Waals surface area (Å²) < 4.78 is 6.44. The van der Waals surface area contributed by atoms with Crippen molar-refractivity contribution in [3.63, 3.8) is 0 Å². The van der Waals surface area contributed by atoms with Crippen molar-refractivity contribution >= 4 is 27.5 Å². The van der Waals surface area contributed by atoms with Crippen LogP contribution in [-0.2, 0) is 6.54 Å². The van der Waals surface area contributed by atoms with E-state index < -0.39 is 0 Å². The minimum absolute atomic E-state index is 0.450. The Morgan fingerprint density at radius 2 is 2.10 bits per heavy atom. The molecule has 0 saturated heterocycles. The van der Waals surface area contributed by atoms with Crippen LogP contribution in [0.3, 0.4) is 0 Å². The molecule has 112 valence electrons. The van der Waals surface area contributed by atoms with Crippen LogP contribution in [0.1, 0.15) is 19.5 Å². The molecule has 1 aromatic heterocycles. The molecule has 1 N–H and O–H groups in total. The molecule has 6 heteroatoms. The second-order valence-corrected chi connectivity index (χ2v) is 6.34. The lowest BCUT2D eigenvalue weighted by Gasteiger charge is -2.08. The van der Waals surface area contributed by atoms with Gasteiger partial charge in [0.2, 0.25) is 5.88 Å². The molecule has 1 heterocycles. The summed E-state index contributed by atoms with van der Waals surface area (Å²) >= 11 is 9.29. The molecule has 0 amide bonds. The first-order valence-corrected chi connectivity index (χ1v) is 7.86. The van der Waals surface area contributed by atoms with E-state index in [0.29, 0.717) is 29.1 Å². The zero-order valence-electron chi connectivity index (χ0n) is 11.9. The predicted octanol–water partition coefficient (Wildman–Crippen LogP) is 4.43. The summed E-state index contributed by atoms with van der Waals surface area (Å²) in [5.41, 5.74) is 0.887. The number of aromatic nitrogens is 2. The first-order chi connectivity index (χ1) is 10.0. The maximum atomic E-state index is 5.89. The van der Waals surface area contributed by atoms with E-state index in [1.54, 1.807) is 30.6 Å². The van der Waals surface area contributed by atoms with Gasteiger partial charge in [0.05, 0.1) is 22.6 Å². The standard InChI is InChI=1S/C15H17BrClN3O/c1-10(2)6-18-7-12-8-20-15(9-19-12)21-14-4-3-11(17)5-13(14)16/h3-5,8-10,18H,6-7H2,1-2H3. The normalized spacial score (nSPS) is 10.9. The lowest BCUT2D eigenvalue weighted by atomic mass is 10.2. The SMILES string of the molecule is CC(C)CNCc1cnc(Oc2ccc(Cl)cc2Br)cn1. The second kappa shape index (κ2) is 7.73. The number of halogens is 2. The summed E-state index contributed by atoms with van der Waals surface area (Å²) in [6, 6.07) is 5.32. The van der Waals surface area contributed by atoms with Crippen molar-refractivity contribution in [1.82, 2.24) is 15.3 Å². The summed E-state index contributed by atoms with van der Waals surface area (Å²) in [5.74, 6) is 1.72. The third kappa shape index (κ3) is 5.26. The van der Waals surface area contributed by atoms with Gasteiger partial charge in [-0.25, -0.2) is 4.98 Å². The molecule has 0 aliphatic carbocycles. The van der Waals surface area contributed by atoms with Gasteiger partial charge in [-0.1, -0.05) is 25.4 Å². The van der Waals surface area contributed by atoms with E-state index in [2.05, 4.69) is 45.1 Å². The average Bonchev–Trinajstić information content (AvgIpc) is 2.43. The van der Waals surface area contributed by atoms with Gasteiger partial charge >= 0.3 is 0 Å². The Bertz CT molecular complexity index is 590. The fourth-order valence-corrected chi connectivity index (χ4v) is 2.41. The molecule has 0 aliphatic heterocycles. The molecular weight excluding hydrogens is 354 g/mol. The molecule has 0 atom stereocenters. The second-order valence-electron chi connectivity index (χ2n) is 5.05. The Kier molecular flexibility index (Phi) is 5.96. The van der Waals surface area contributed by atoms with Gasteiger partial charge in [-0.05, 0) is 46.6 Å². The van der Waals surface area contributed by atoms with Crippen molar-refractivity contribution in [2.75, 3.05) is 6.54 Å². The number of hydrogen-bond acceptors (Lipinski definition) is 4. The molecule has 1 aromatic carbocycles. The summed E-state index contributed by atoms with van der Waals surface area (Å²) in [6.07, 6.45) is 3.33. The zero-order valence-corrected chi connectivity index (χ0v) is 14.3. The lowest BCUT2D eigenvalue weighted by molar-refractivity contribution is 0.455. The highest BCUT2D eigenvalue weighted by atomic mass is 79.9. The minimum atomic E-state index is 0.450. The first kappa shape index (κ1) is 16.2. The molecule has 0 spiro atoms. The van der Waals surface area contributed by atoms with Crippen molar-refractivity contribution < 1.29 is 4.74 Å². The number of rotatable bonds is 6. The maximum Gasteiger partial charge on any atom is 0.237 e. The Hall–Kier alpha value is -1.17. The third-order valence-electron chi connectivity index (χ3n) is 2.65. The number of benzene rings is 1. The molecule has 0 aliphatic rings. The van der Waals surface area contributed by atoms with Gasteiger partial charge in [-0.2, -0.15) is 0 Å². The molecular formula is C15H17BrClN3O. The van der Waals surface area contributed by atoms with Gasteiger partial charge in [0.25, 0.3) is 0 Å². The van der Waals surface area contributed by atoms with E-state index in [1.165, 1.54) is 0 Å². The molecule has 21 heavy (non-hydrogen) atoms. The largest absolute Gasteiger partial charge is 0.436 e. The quantitative estimate of drug-likeness (QED) is 0.817. The van der Waals surface area contributed by atoms with Crippen LogP contribution < -0.4 is 10.1 Å². The Labute approximate surface area is 138 Å². The Morgan fingerprint density at radius 3 is 2.71 bits per heavy atom. The van der Waals surface area contributed by atoms with Gasteiger partial charge in [0.1, 0.15) is 5.75 Å². The van der Waals surface area contributed by atoms with Crippen molar-refractivity contribution in [2.45, 2.75) is 20.4 Å². The number of nitrogens with one attached hydrogen (secondary N) is 1. The minimum Gasteiger partial charge on any atom is -0.436 e. The number of hydrogen-bond donors (Lipinski definition) is 1. The summed E-state index contributed by atoms with van der Waals surface area (Å²) in [4.78, 5) is 8.58. The molecule has 0 saturated carbocycles. The monoisotopic (exact) mass is 369 g/mol. The predicted molar refractivity (Wildman–Crippen MR) is 87.8 cm³/mol. The van der Waals surface area contributed by atoms with Crippen LogP contribution in [0, 0.1) is 5.92 Å². The molecule has 2 rings (SSSR count). The molecule has 0 bridgehead atoms. The van der Waals surface area contributed by atoms with Gasteiger partial charge in [0, 0.05) is 11.6 Å². The highest BCUT2D eigenvalue weighted by molar-refractivity contribution is 9.10. The fraction of sp³-hybridized carbons (Fsp3) is 0.333. The maximum absolute atomic E-state index is 5.89. The van der Waals surface area contributed by atoms with E-state index in [-0.39, 0.29) is 0 Å². The number of nitrogens with zero attached hydrogens (tertiary/aromatic N) is 2. The van der Waals surface area contributed by atoms with E-state index >= 15 is 0 Å². The summed E-state index contributed by atoms with van der Waals surface area (Å²) in [5, 5.41) is 3.97. The summed E-state index contributed by atoms with van der Waals surface area (Å²) in [7, 11) is 0. The molecule has 2 aromatic rings. The van der Waals surface area contributed by atoms with E-state index in [1.807, 2.05) is 0 Å². The van der Waals surface area contributed by atoms with Crippen LogP contribution in [-0.4, -0.2) is 16.5 Å². The van der Waals surface area contributed by atoms with Crippen LogP contribution in [0.15, 0.2) is 35.1 Å². The van der Waals surface area contributed by atoms with Gasteiger partial charge in [-0.15, -0.1) is 0 Å². The van der Waals surface area contributed by atoms with Crippen LogP contribution in [0.4, 0.5) is 0 Å². The van der Waals surface area contributed by atoms with Crippen molar-refractivity contribution in [3.8, 4) is 11.6 Å². The zero-order chi connectivity index (χ0) is 15.2. The lowest BCUT2D eigenvalue weighted by Crippen LogP contribution is -2.19. The van der Waals surface area contributed by atoms with E-state index in [9.17, 15) is 0 Å². The number of ether oxygens (including phenoxy) is 1. The average molecular weight is 371 g/mol. The van der Waals surface area contributed by atoms with Crippen molar-refractivity contribution in [3.05, 3.63) is 45.8 Å². The molecule has 4 nitrogen and oxygen atoms in total. The smallest absolute Gasteiger partial charge is 0.237 e. The van der Waals surface area contributed by atoms with Crippen molar-refractivity contribution in [1.29, 1.82) is 0 Å². The summed E-state index contributed by atoms with van der Waals surface area (Å²) in [6.45, 7) is 5.99. The fourth-order valence-electron chi connectivity index (χ4n) is 1.65.